The van der Waals surface area contributed by atoms with Crippen molar-refractivity contribution in [3.63, 3.8) is 0 Å². The number of nitrogens with one attached hydrogen (secondary N) is 2. The summed E-state index contributed by atoms with van der Waals surface area (Å²) in [6.45, 7) is 6.37. The maximum absolute atomic E-state index is 5.55. The molecule has 2 aliphatic heterocycles. The molecule has 0 aromatic heterocycles. The third kappa shape index (κ3) is 5.59. The van der Waals surface area contributed by atoms with Crippen molar-refractivity contribution < 1.29 is 9.47 Å². The van der Waals surface area contributed by atoms with Crippen LogP contribution in [0.5, 0.6) is 5.75 Å². The van der Waals surface area contributed by atoms with Gasteiger partial charge in [-0.15, -0.1) is 0 Å². The summed E-state index contributed by atoms with van der Waals surface area (Å²) in [5.74, 6) is 1.75. The molecule has 2 aliphatic rings. The highest BCUT2D eigenvalue weighted by Gasteiger charge is 2.24. The smallest absolute Gasteiger partial charge is 0.191 e. The third-order valence-electron chi connectivity index (χ3n) is 5.85. The number of methoxy groups -OCH3 is 1. The van der Waals surface area contributed by atoms with E-state index in [1.807, 2.05) is 19.2 Å². The highest BCUT2D eigenvalue weighted by Crippen LogP contribution is 2.23. The van der Waals surface area contributed by atoms with Crippen LogP contribution in [0.1, 0.15) is 24.4 Å². The van der Waals surface area contributed by atoms with Crippen LogP contribution >= 0.6 is 0 Å². The first-order chi connectivity index (χ1) is 13.7. The number of morpholine rings is 1. The van der Waals surface area contributed by atoms with Gasteiger partial charge in [-0.1, -0.05) is 12.1 Å². The molecule has 0 saturated carbocycles. The van der Waals surface area contributed by atoms with E-state index in [1.54, 1.807) is 7.11 Å². The van der Waals surface area contributed by atoms with Crippen LogP contribution < -0.4 is 15.4 Å². The van der Waals surface area contributed by atoms with E-state index in [-0.39, 0.29) is 6.04 Å². The Balaban J connectivity index is 1.60. The molecule has 2 N–H and O–H groups in total. The Hall–Kier alpha value is -1.83. The second-order valence-corrected chi connectivity index (χ2v) is 7.55. The van der Waals surface area contributed by atoms with Gasteiger partial charge < -0.3 is 25.0 Å². The van der Waals surface area contributed by atoms with Crippen LogP contribution in [-0.2, 0) is 4.74 Å². The molecule has 0 spiro atoms. The average molecular weight is 390 g/mol. The van der Waals surface area contributed by atoms with Crippen molar-refractivity contribution in [1.29, 1.82) is 0 Å². The van der Waals surface area contributed by atoms with Crippen molar-refractivity contribution >= 4 is 5.96 Å². The summed E-state index contributed by atoms with van der Waals surface area (Å²) in [6, 6.07) is 9.24. The van der Waals surface area contributed by atoms with Crippen LogP contribution in [0.3, 0.4) is 0 Å². The maximum atomic E-state index is 5.55. The minimum Gasteiger partial charge on any atom is -0.497 e. The van der Waals surface area contributed by atoms with Gasteiger partial charge in [0.05, 0.1) is 26.4 Å². The molecular formula is C21H35N5O2. The quantitative estimate of drug-likeness (QED) is 0.542. The van der Waals surface area contributed by atoms with Crippen LogP contribution in [0.4, 0.5) is 0 Å². The van der Waals surface area contributed by atoms with Gasteiger partial charge in [-0.25, -0.2) is 0 Å². The van der Waals surface area contributed by atoms with Crippen LogP contribution in [0.15, 0.2) is 29.3 Å². The Morgan fingerprint density at radius 1 is 1.21 bits per heavy atom. The number of ether oxygens (including phenoxy) is 2. The highest BCUT2D eigenvalue weighted by molar-refractivity contribution is 5.79. The number of guanidine groups is 1. The van der Waals surface area contributed by atoms with Crippen molar-refractivity contribution in [2.45, 2.75) is 24.9 Å². The lowest BCUT2D eigenvalue weighted by molar-refractivity contribution is 0.0170. The van der Waals surface area contributed by atoms with Gasteiger partial charge in [0.2, 0.25) is 0 Å². The monoisotopic (exact) mass is 389 g/mol. The summed E-state index contributed by atoms with van der Waals surface area (Å²) in [6.07, 6.45) is 2.54. The van der Waals surface area contributed by atoms with E-state index in [2.05, 4.69) is 44.6 Å². The molecule has 7 heteroatoms. The maximum Gasteiger partial charge on any atom is 0.191 e. The molecule has 0 bridgehead atoms. The largest absolute Gasteiger partial charge is 0.497 e. The lowest BCUT2D eigenvalue weighted by Crippen LogP contribution is -2.48. The molecule has 156 valence electrons. The number of benzene rings is 1. The van der Waals surface area contributed by atoms with Crippen molar-refractivity contribution in [3.8, 4) is 5.75 Å². The second-order valence-electron chi connectivity index (χ2n) is 7.55. The first-order valence-corrected chi connectivity index (χ1v) is 10.3. The predicted molar refractivity (Wildman–Crippen MR) is 113 cm³/mol. The Bertz CT molecular complexity index is 616. The molecule has 0 amide bonds. The number of rotatable bonds is 7. The fourth-order valence-electron chi connectivity index (χ4n) is 4.04. The van der Waals surface area contributed by atoms with Gasteiger partial charge in [0.15, 0.2) is 5.96 Å². The summed E-state index contributed by atoms with van der Waals surface area (Å²) >= 11 is 0. The second kappa shape index (κ2) is 10.6. The first-order valence-electron chi connectivity index (χ1n) is 10.3. The number of aliphatic imine (C=N–C) groups is 1. The average Bonchev–Trinajstić information content (AvgIpc) is 3.16. The standard InChI is InChI=1S/C21H35N5O2/c1-22-21(23-15-18-5-4-10-25(18)2)24-16-20(26-11-13-28-14-12-26)17-6-8-19(27-3)9-7-17/h6-9,18,20H,4-5,10-16H2,1-3H3,(H2,22,23,24). The van der Waals surface area contributed by atoms with E-state index in [4.69, 9.17) is 9.47 Å². The van der Waals surface area contributed by atoms with Crippen LogP contribution in [-0.4, -0.2) is 88.9 Å². The molecule has 1 aromatic carbocycles. The van der Waals surface area contributed by atoms with E-state index in [0.29, 0.717) is 6.04 Å². The zero-order chi connectivity index (χ0) is 19.8. The molecule has 28 heavy (non-hydrogen) atoms. The molecule has 2 heterocycles. The number of nitrogens with zero attached hydrogens (tertiary/aromatic N) is 3. The molecule has 0 radical (unpaired) electrons. The molecule has 2 atom stereocenters. The van der Waals surface area contributed by atoms with E-state index in [1.165, 1.54) is 24.9 Å². The molecule has 7 nitrogen and oxygen atoms in total. The summed E-state index contributed by atoms with van der Waals surface area (Å²) in [4.78, 5) is 9.33. The molecule has 0 aliphatic carbocycles. The zero-order valence-corrected chi connectivity index (χ0v) is 17.5. The number of likely N-dealkylation sites (N-methyl/N-ethyl adjacent to an activating group) is 1. The number of hydrogen-bond donors (Lipinski definition) is 2. The van der Waals surface area contributed by atoms with E-state index in [0.717, 1.165) is 51.1 Å². The Morgan fingerprint density at radius 2 is 1.96 bits per heavy atom. The van der Waals surface area contributed by atoms with Crippen LogP contribution in [0, 0.1) is 0 Å². The van der Waals surface area contributed by atoms with Gasteiger partial charge >= 0.3 is 0 Å². The highest BCUT2D eigenvalue weighted by atomic mass is 16.5. The lowest BCUT2D eigenvalue weighted by Gasteiger charge is -2.35. The van der Waals surface area contributed by atoms with Crippen LogP contribution in [0.25, 0.3) is 0 Å². The number of likely N-dealkylation sites (tertiary alicyclic amines) is 1. The summed E-state index contributed by atoms with van der Waals surface area (Å²) in [5.41, 5.74) is 1.28. The minimum absolute atomic E-state index is 0.266. The van der Waals surface area contributed by atoms with Crippen molar-refractivity contribution in [2.75, 3.05) is 67.1 Å². The summed E-state index contributed by atoms with van der Waals surface area (Å²) in [7, 11) is 5.74. The fourth-order valence-corrected chi connectivity index (χ4v) is 4.04. The molecule has 2 saturated heterocycles. The predicted octanol–water partition coefficient (Wildman–Crippen LogP) is 1.33. The van der Waals surface area contributed by atoms with Crippen LogP contribution in [0.2, 0.25) is 0 Å². The van der Waals surface area contributed by atoms with Crippen molar-refractivity contribution in [2.24, 2.45) is 4.99 Å². The third-order valence-corrected chi connectivity index (χ3v) is 5.85. The molecule has 3 rings (SSSR count). The minimum atomic E-state index is 0.266. The Labute approximate surface area is 169 Å². The topological polar surface area (TPSA) is 61.4 Å². The van der Waals surface area contributed by atoms with Gasteiger partial charge in [-0.2, -0.15) is 0 Å². The summed E-state index contributed by atoms with van der Waals surface area (Å²) in [5, 5.41) is 7.04. The van der Waals surface area contributed by atoms with Gasteiger partial charge in [0.25, 0.3) is 0 Å². The number of hydrogen-bond acceptors (Lipinski definition) is 5. The summed E-state index contributed by atoms with van der Waals surface area (Å²) < 4.78 is 10.9. The first kappa shape index (κ1) is 20.9. The Morgan fingerprint density at radius 3 is 2.57 bits per heavy atom. The molecule has 2 fully saturated rings. The van der Waals surface area contributed by atoms with Gasteiger partial charge in [-0.05, 0) is 44.1 Å². The van der Waals surface area contributed by atoms with Crippen molar-refractivity contribution in [1.82, 2.24) is 20.4 Å². The van der Waals surface area contributed by atoms with E-state index < -0.39 is 0 Å². The fraction of sp³-hybridized carbons (Fsp3) is 0.667. The van der Waals surface area contributed by atoms with E-state index >= 15 is 0 Å². The Kier molecular flexibility index (Phi) is 7.94. The van der Waals surface area contributed by atoms with E-state index in [9.17, 15) is 0 Å². The van der Waals surface area contributed by atoms with Gasteiger partial charge in [0, 0.05) is 39.3 Å². The SMILES string of the molecule is CN=C(NCC1CCCN1C)NCC(c1ccc(OC)cc1)N1CCOCC1. The molecular weight excluding hydrogens is 354 g/mol. The van der Waals surface area contributed by atoms with Gasteiger partial charge in [0.1, 0.15) is 5.75 Å². The van der Waals surface area contributed by atoms with Gasteiger partial charge in [-0.3, -0.25) is 9.89 Å². The lowest BCUT2D eigenvalue weighted by atomic mass is 10.0. The molecule has 1 aromatic rings. The van der Waals surface area contributed by atoms with Crippen molar-refractivity contribution in [3.05, 3.63) is 29.8 Å². The zero-order valence-electron chi connectivity index (χ0n) is 17.5. The normalized spacial score (nSPS) is 22.8. The molecule has 2 unspecified atom stereocenters.